The van der Waals surface area contributed by atoms with Crippen molar-refractivity contribution in [1.29, 1.82) is 0 Å². The Bertz CT molecular complexity index is 771. The van der Waals surface area contributed by atoms with Gasteiger partial charge in [0.2, 0.25) is 5.91 Å². The van der Waals surface area contributed by atoms with Crippen molar-refractivity contribution in [2.45, 2.75) is 56.4 Å². The molecule has 8 nitrogen and oxygen atoms in total. The van der Waals surface area contributed by atoms with Crippen molar-refractivity contribution in [2.24, 2.45) is 0 Å². The van der Waals surface area contributed by atoms with Crippen LogP contribution in [0, 0.1) is 0 Å². The van der Waals surface area contributed by atoms with Crippen LogP contribution in [-0.4, -0.2) is 27.2 Å². The molecule has 29 heavy (non-hydrogen) atoms. The third-order valence-electron chi connectivity index (χ3n) is 3.93. The summed E-state index contributed by atoms with van der Waals surface area (Å²) in [5.74, 6) is -0.323. The number of phosphoric acid groups is 1. The summed E-state index contributed by atoms with van der Waals surface area (Å²) in [5.41, 5.74) is 0.339. The SMILES string of the molecule is CCCCCCCC(=O)NC(COP(=O)([O-])[O-])c1cccc(S(C)(=O)=O)c1.[Na+].[Na+]. The van der Waals surface area contributed by atoms with Crippen molar-refractivity contribution in [3.05, 3.63) is 29.8 Å². The summed E-state index contributed by atoms with van der Waals surface area (Å²) in [7, 11) is -8.72. The predicted molar refractivity (Wildman–Crippen MR) is 97.4 cm³/mol. The van der Waals surface area contributed by atoms with E-state index in [-0.39, 0.29) is 76.3 Å². The largest absolute Gasteiger partial charge is 1.00 e. The molecule has 12 heteroatoms. The van der Waals surface area contributed by atoms with E-state index >= 15 is 0 Å². The summed E-state index contributed by atoms with van der Waals surface area (Å²) < 4.78 is 38.5. The Labute approximate surface area is 217 Å². The molecule has 1 amide bonds. The zero-order valence-corrected chi connectivity index (χ0v) is 23.3. The van der Waals surface area contributed by atoms with Gasteiger partial charge in [-0.05, 0) is 24.1 Å². The second-order valence-corrected chi connectivity index (χ2v) is 9.54. The van der Waals surface area contributed by atoms with E-state index in [2.05, 4.69) is 16.8 Å². The number of nitrogens with one attached hydrogen (secondary N) is 1. The van der Waals surface area contributed by atoms with Crippen LogP contribution in [0.5, 0.6) is 0 Å². The monoisotopic (exact) mass is 465 g/mol. The molecule has 0 bridgehead atoms. The average Bonchev–Trinajstić information content (AvgIpc) is 2.57. The van der Waals surface area contributed by atoms with Gasteiger partial charge >= 0.3 is 59.1 Å². The van der Waals surface area contributed by atoms with E-state index in [1.807, 2.05) is 0 Å². The van der Waals surface area contributed by atoms with Crippen molar-refractivity contribution in [2.75, 3.05) is 12.9 Å². The number of carbonyl (C=O) groups is 1. The third kappa shape index (κ3) is 14.4. The van der Waals surface area contributed by atoms with Gasteiger partial charge in [-0.15, -0.1) is 0 Å². The first kappa shape index (κ1) is 31.9. The van der Waals surface area contributed by atoms with Crippen LogP contribution in [0.15, 0.2) is 29.2 Å². The fourth-order valence-electron chi connectivity index (χ4n) is 2.50. The van der Waals surface area contributed by atoms with Gasteiger partial charge in [-0.1, -0.05) is 44.7 Å². The number of hydrogen-bond acceptors (Lipinski definition) is 7. The first-order valence-electron chi connectivity index (χ1n) is 8.79. The molecule has 0 aromatic heterocycles. The van der Waals surface area contributed by atoms with Crippen molar-refractivity contribution in [1.82, 2.24) is 5.32 Å². The molecule has 0 spiro atoms. The van der Waals surface area contributed by atoms with E-state index in [1.165, 1.54) is 24.3 Å². The van der Waals surface area contributed by atoms with Gasteiger partial charge in [-0.3, -0.25) is 4.79 Å². The van der Waals surface area contributed by atoms with Gasteiger partial charge in [-0.2, -0.15) is 0 Å². The van der Waals surface area contributed by atoms with Gasteiger partial charge in [-0.25, -0.2) is 8.42 Å². The van der Waals surface area contributed by atoms with E-state index in [0.717, 1.165) is 31.9 Å². The predicted octanol–water partition coefficient (Wildman–Crippen LogP) is -4.54. The standard InChI is InChI=1S/C17H28NO7PS.2Na/c1-3-4-5-6-7-11-17(19)18-16(13-25-26(20,21)22)14-9-8-10-15(12-14)27(2,23)24;;/h8-10,12,16H,3-7,11,13H2,1-2H3,(H,18,19)(H2,20,21,22);;/q;2*+1/p-2. The molecule has 0 aliphatic carbocycles. The summed E-state index contributed by atoms with van der Waals surface area (Å²) in [5, 5.41) is 2.62. The molecular weight excluding hydrogens is 439 g/mol. The Hall–Kier alpha value is 0.750. The number of carbonyl (C=O) groups excluding carboxylic acids is 1. The number of amides is 1. The Morgan fingerprint density at radius 1 is 1.17 bits per heavy atom. The molecule has 1 unspecified atom stereocenters. The summed E-state index contributed by atoms with van der Waals surface area (Å²) in [4.78, 5) is 33.8. The molecular formula is C17H26NNa2O7PS. The normalized spacial score (nSPS) is 12.4. The third-order valence-corrected chi connectivity index (χ3v) is 5.51. The van der Waals surface area contributed by atoms with Crippen LogP contribution in [0.4, 0.5) is 0 Å². The summed E-state index contributed by atoms with van der Waals surface area (Å²) >= 11 is 0. The van der Waals surface area contributed by atoms with Crippen LogP contribution in [-0.2, 0) is 23.7 Å². The Morgan fingerprint density at radius 3 is 2.34 bits per heavy atom. The van der Waals surface area contributed by atoms with Crippen LogP contribution in [0.3, 0.4) is 0 Å². The van der Waals surface area contributed by atoms with E-state index in [9.17, 15) is 27.6 Å². The molecule has 0 fully saturated rings. The van der Waals surface area contributed by atoms with Crippen LogP contribution >= 0.6 is 7.82 Å². The number of benzene rings is 1. The first-order valence-corrected chi connectivity index (χ1v) is 12.1. The van der Waals surface area contributed by atoms with Gasteiger partial charge in [0.1, 0.15) is 0 Å². The smallest absolute Gasteiger partial charge is 0.790 e. The second kappa shape index (κ2) is 15.5. The Balaban J connectivity index is 0. The maximum absolute atomic E-state index is 12.2. The topological polar surface area (TPSA) is 136 Å². The summed E-state index contributed by atoms with van der Waals surface area (Å²) in [6.07, 6.45) is 6.09. The van der Waals surface area contributed by atoms with Crippen LogP contribution in [0.2, 0.25) is 0 Å². The number of rotatable bonds is 12. The molecule has 1 aromatic carbocycles. The van der Waals surface area contributed by atoms with Crippen LogP contribution in [0.1, 0.15) is 57.1 Å². The van der Waals surface area contributed by atoms with E-state index in [0.29, 0.717) is 12.0 Å². The average molecular weight is 465 g/mol. The molecule has 0 aliphatic heterocycles. The van der Waals surface area contributed by atoms with Crippen molar-refractivity contribution < 1.29 is 91.2 Å². The minimum Gasteiger partial charge on any atom is -0.790 e. The quantitative estimate of drug-likeness (QED) is 0.187. The van der Waals surface area contributed by atoms with Gasteiger partial charge in [0.15, 0.2) is 9.84 Å². The first-order chi connectivity index (χ1) is 12.5. The number of unbranched alkanes of at least 4 members (excludes halogenated alkanes) is 4. The van der Waals surface area contributed by atoms with E-state index in [4.69, 9.17) is 0 Å². The van der Waals surface area contributed by atoms with Gasteiger partial charge in [0.05, 0.1) is 25.4 Å². The fraction of sp³-hybridized carbons (Fsp3) is 0.588. The molecule has 0 saturated heterocycles. The zero-order chi connectivity index (χ0) is 20.5. The van der Waals surface area contributed by atoms with Crippen molar-refractivity contribution in [3.8, 4) is 0 Å². The number of phosphoric ester groups is 1. The van der Waals surface area contributed by atoms with E-state index in [1.54, 1.807) is 0 Å². The molecule has 0 heterocycles. The van der Waals surface area contributed by atoms with Crippen LogP contribution < -0.4 is 74.2 Å². The van der Waals surface area contributed by atoms with Gasteiger partial charge in [0, 0.05) is 12.7 Å². The van der Waals surface area contributed by atoms with Crippen LogP contribution in [0.25, 0.3) is 0 Å². The molecule has 0 saturated carbocycles. The number of sulfone groups is 1. The second-order valence-electron chi connectivity index (χ2n) is 6.37. The maximum atomic E-state index is 12.2. The number of hydrogen-bond donors (Lipinski definition) is 1. The van der Waals surface area contributed by atoms with E-state index < -0.39 is 30.3 Å². The minimum atomic E-state index is -5.23. The zero-order valence-electron chi connectivity index (χ0n) is 17.5. The molecule has 1 N–H and O–H groups in total. The molecule has 1 rings (SSSR count). The Morgan fingerprint density at radius 2 is 1.79 bits per heavy atom. The minimum absolute atomic E-state index is 0. The Kier molecular flexibility index (Phi) is 17.1. The summed E-state index contributed by atoms with van der Waals surface area (Å²) in [6.45, 7) is 1.49. The molecule has 0 aliphatic rings. The van der Waals surface area contributed by atoms with Gasteiger partial charge in [0.25, 0.3) is 0 Å². The fourth-order valence-corrected chi connectivity index (χ4v) is 3.51. The molecule has 1 aromatic rings. The molecule has 1 atom stereocenters. The van der Waals surface area contributed by atoms with Crippen molar-refractivity contribution >= 4 is 23.6 Å². The molecule has 0 radical (unpaired) electrons. The van der Waals surface area contributed by atoms with Crippen molar-refractivity contribution in [3.63, 3.8) is 0 Å². The van der Waals surface area contributed by atoms with Gasteiger partial charge < -0.3 is 24.2 Å². The maximum Gasteiger partial charge on any atom is 1.00 e. The summed E-state index contributed by atoms with van der Waals surface area (Å²) in [6, 6.07) is 4.77. The molecule has 154 valence electrons.